The minimum absolute atomic E-state index is 0.136. The molecule has 1 aliphatic heterocycles. The number of nitrogens with one attached hydrogen (secondary N) is 3. The second-order valence-corrected chi connectivity index (χ2v) is 13.0. The molecule has 2 aromatic rings. The molecule has 0 saturated carbocycles. The Labute approximate surface area is 270 Å². The molecule has 2 amide bonds. The van der Waals surface area contributed by atoms with Gasteiger partial charge >= 0.3 is 5.97 Å². The van der Waals surface area contributed by atoms with Crippen molar-refractivity contribution in [1.82, 2.24) is 16.0 Å². The lowest BCUT2D eigenvalue weighted by Crippen LogP contribution is -2.51. The summed E-state index contributed by atoms with van der Waals surface area (Å²) in [7, 11) is 4.19. The number of amides is 2. The zero-order valence-electron chi connectivity index (χ0n) is 26.9. The summed E-state index contributed by atoms with van der Waals surface area (Å²) < 4.78 is 6.05. The summed E-state index contributed by atoms with van der Waals surface area (Å²) in [6.45, 7) is 11.8. The Morgan fingerprint density at radius 1 is 1.09 bits per heavy atom. The molecule has 2 atom stereocenters. The fraction of sp³-hybridized carbons (Fsp3) is 0.559. The molecule has 0 bridgehead atoms. The van der Waals surface area contributed by atoms with E-state index < -0.39 is 22.8 Å². The van der Waals surface area contributed by atoms with E-state index in [1.807, 2.05) is 55.5 Å². The maximum absolute atomic E-state index is 13.5. The first kappa shape index (κ1) is 37.2. The molecule has 2 aromatic carbocycles. The molecule has 10 heteroatoms. The number of aryl methyl sites for hydroxylation is 2. The molecule has 3 rings (SSSR count). The average Bonchev–Trinajstić information content (AvgIpc) is 3.00. The molecule has 1 heterocycles. The van der Waals surface area contributed by atoms with E-state index in [9.17, 15) is 19.5 Å². The first-order valence-corrected chi connectivity index (χ1v) is 15.9. The third-order valence-corrected chi connectivity index (χ3v) is 8.23. The van der Waals surface area contributed by atoms with Crippen LogP contribution in [-0.2, 0) is 27.3 Å². The molecule has 44 heavy (non-hydrogen) atoms. The Kier molecular flexibility index (Phi) is 15.3. The van der Waals surface area contributed by atoms with Crippen LogP contribution in [0.4, 0.5) is 0 Å². The number of carbonyl (C=O) groups is 3. The fourth-order valence-corrected chi connectivity index (χ4v) is 5.59. The molecule has 0 spiro atoms. The Bertz CT molecular complexity index is 1200. The fourth-order valence-electron chi connectivity index (χ4n) is 5.59. The highest BCUT2D eigenvalue weighted by Crippen LogP contribution is 2.34. The number of hydrogen-bond donors (Lipinski definition) is 5. The van der Waals surface area contributed by atoms with E-state index in [2.05, 4.69) is 35.6 Å². The van der Waals surface area contributed by atoms with Gasteiger partial charge in [-0.1, -0.05) is 50.2 Å². The quantitative estimate of drug-likeness (QED) is 0.141. The average molecular weight is 624 g/mol. The van der Waals surface area contributed by atoms with E-state index in [0.717, 1.165) is 42.0 Å². The second-order valence-electron chi connectivity index (χ2n) is 13.0. The van der Waals surface area contributed by atoms with Crippen molar-refractivity contribution >= 4 is 37.4 Å². The smallest absolute Gasteiger partial charge is 0.309 e. The van der Waals surface area contributed by atoms with Crippen LogP contribution in [0, 0.1) is 23.7 Å². The van der Waals surface area contributed by atoms with Gasteiger partial charge in [-0.25, -0.2) is 12.5 Å². The number of carboxylic acids is 1. The standard InChI is InChI=1S/C34H49N3O5.BHS/c1-24-13-15-28(42-19-17-26-12-9-18-35-21-26)20-27(24)22-36-30(38)29(16-14-25-10-7-6-8-11-25)37-31(39)33(2,3)23-34(4,5)32(40)41;1-2/h6-8,10-11,13,15,20,26,29,35H,9,12,14,16-19,21-23H2,1-5H3,(H,36,38)(H,37,39)(H,40,41);2H/t26?,29-;/m0./s1. The second kappa shape index (κ2) is 18.1. The molecular formula is C34H50BN3O5S. The normalized spacial score (nSPS) is 15.7. The summed E-state index contributed by atoms with van der Waals surface area (Å²) >= 11 is 3.03. The van der Waals surface area contributed by atoms with Crippen LogP contribution >= 0.6 is 12.5 Å². The third-order valence-electron chi connectivity index (χ3n) is 8.23. The molecular weight excluding hydrogens is 573 g/mol. The predicted molar refractivity (Wildman–Crippen MR) is 180 cm³/mol. The Morgan fingerprint density at radius 2 is 1.80 bits per heavy atom. The van der Waals surface area contributed by atoms with Crippen LogP contribution < -0.4 is 20.7 Å². The van der Waals surface area contributed by atoms with Crippen molar-refractivity contribution in [1.29, 1.82) is 0 Å². The van der Waals surface area contributed by atoms with Crippen LogP contribution in [0.1, 0.15) is 76.5 Å². The van der Waals surface area contributed by atoms with Gasteiger partial charge in [0.25, 0.3) is 0 Å². The Morgan fingerprint density at radius 3 is 2.43 bits per heavy atom. The Balaban J connectivity index is 0.00000330. The van der Waals surface area contributed by atoms with E-state index in [1.165, 1.54) is 12.8 Å². The summed E-state index contributed by atoms with van der Waals surface area (Å²) in [4.78, 5) is 38.6. The van der Waals surface area contributed by atoms with Gasteiger partial charge in [0.15, 0.2) is 7.12 Å². The molecule has 1 unspecified atom stereocenters. The third kappa shape index (κ3) is 12.2. The van der Waals surface area contributed by atoms with Gasteiger partial charge in [0.2, 0.25) is 11.8 Å². The predicted octanol–water partition coefficient (Wildman–Crippen LogP) is 5.02. The van der Waals surface area contributed by atoms with Crippen molar-refractivity contribution in [2.24, 2.45) is 16.7 Å². The molecule has 1 fully saturated rings. The Hall–Kier alpha value is -2.98. The van der Waals surface area contributed by atoms with Crippen molar-refractivity contribution < 1.29 is 24.2 Å². The number of carbonyl (C=O) groups excluding carboxylic acids is 2. The number of ether oxygens (including phenoxy) is 1. The van der Waals surface area contributed by atoms with Crippen molar-refractivity contribution in [2.75, 3.05) is 19.7 Å². The maximum Gasteiger partial charge on any atom is 0.309 e. The number of piperidine rings is 1. The maximum atomic E-state index is 13.5. The van der Waals surface area contributed by atoms with Crippen molar-refractivity contribution in [3.8, 4) is 5.75 Å². The van der Waals surface area contributed by atoms with Gasteiger partial charge in [-0.05, 0) is 107 Å². The summed E-state index contributed by atoms with van der Waals surface area (Å²) in [6.07, 6.45) is 4.62. The molecule has 0 aromatic heterocycles. The molecule has 0 aliphatic carbocycles. The molecule has 8 nitrogen and oxygen atoms in total. The highest BCUT2D eigenvalue weighted by Gasteiger charge is 2.40. The van der Waals surface area contributed by atoms with E-state index in [1.54, 1.807) is 27.7 Å². The first-order chi connectivity index (χ1) is 20.9. The van der Waals surface area contributed by atoms with Gasteiger partial charge in [0.1, 0.15) is 11.8 Å². The number of benzene rings is 2. The minimum Gasteiger partial charge on any atom is -0.494 e. The van der Waals surface area contributed by atoms with Gasteiger partial charge in [-0.3, -0.25) is 14.4 Å². The lowest BCUT2D eigenvalue weighted by molar-refractivity contribution is -0.150. The monoisotopic (exact) mass is 623 g/mol. The zero-order chi connectivity index (χ0) is 32.8. The molecule has 2 radical (unpaired) electrons. The van der Waals surface area contributed by atoms with Crippen molar-refractivity contribution in [2.45, 2.75) is 85.7 Å². The highest BCUT2D eigenvalue weighted by atomic mass is 32.1. The molecule has 240 valence electrons. The summed E-state index contributed by atoms with van der Waals surface area (Å²) in [5, 5.41) is 19.0. The molecule has 1 aliphatic rings. The SMILES string of the molecule is Cc1ccc(OCCC2CCCNC2)cc1CNC(=O)[C@H](CCc1ccccc1)NC(=O)C(C)(C)CC(C)(C)C(=O)O.[B]S. The van der Waals surface area contributed by atoms with Crippen LogP contribution in [-0.4, -0.2) is 55.8 Å². The van der Waals surface area contributed by atoms with Crippen LogP contribution in [0.3, 0.4) is 0 Å². The van der Waals surface area contributed by atoms with E-state index in [4.69, 9.17) is 4.74 Å². The van der Waals surface area contributed by atoms with Gasteiger partial charge in [0, 0.05) is 12.0 Å². The first-order valence-electron chi connectivity index (χ1n) is 15.4. The highest BCUT2D eigenvalue weighted by molar-refractivity contribution is 8.03. The summed E-state index contributed by atoms with van der Waals surface area (Å²) in [5.74, 6) is -0.154. The van der Waals surface area contributed by atoms with Gasteiger partial charge in [-0.15, -0.1) is 0 Å². The van der Waals surface area contributed by atoms with Gasteiger partial charge in [-0.2, -0.15) is 0 Å². The van der Waals surface area contributed by atoms with Crippen molar-refractivity contribution in [3.63, 3.8) is 0 Å². The van der Waals surface area contributed by atoms with E-state index in [0.29, 0.717) is 31.9 Å². The van der Waals surface area contributed by atoms with Crippen LogP contribution in [0.5, 0.6) is 5.75 Å². The number of carboxylic acid groups (broad SMARTS) is 1. The van der Waals surface area contributed by atoms with E-state index >= 15 is 0 Å². The largest absolute Gasteiger partial charge is 0.494 e. The van der Waals surface area contributed by atoms with Crippen LogP contribution in [0.15, 0.2) is 48.5 Å². The topological polar surface area (TPSA) is 117 Å². The summed E-state index contributed by atoms with van der Waals surface area (Å²) in [5.41, 5.74) is 1.00. The number of aliphatic carboxylic acids is 1. The van der Waals surface area contributed by atoms with Crippen LogP contribution in [0.2, 0.25) is 0 Å². The number of hydrogen-bond acceptors (Lipinski definition) is 6. The van der Waals surface area contributed by atoms with Gasteiger partial charge < -0.3 is 25.8 Å². The lowest BCUT2D eigenvalue weighted by Gasteiger charge is -2.32. The van der Waals surface area contributed by atoms with Crippen LogP contribution in [0.25, 0.3) is 0 Å². The summed E-state index contributed by atoms with van der Waals surface area (Å²) in [6, 6.07) is 15.0. The molecule has 1 saturated heterocycles. The lowest BCUT2D eigenvalue weighted by atomic mass is 9.74. The number of rotatable bonds is 15. The zero-order valence-corrected chi connectivity index (χ0v) is 27.8. The molecule has 4 N–H and O–H groups in total. The minimum atomic E-state index is -1.08. The van der Waals surface area contributed by atoms with Crippen molar-refractivity contribution in [3.05, 3.63) is 65.2 Å². The van der Waals surface area contributed by atoms with Gasteiger partial charge in [0.05, 0.1) is 12.0 Å². The number of thiol groups is 1. The van der Waals surface area contributed by atoms with E-state index in [-0.39, 0.29) is 18.2 Å².